The molecule has 5 heteroatoms. The summed E-state index contributed by atoms with van der Waals surface area (Å²) in [5, 5.41) is 0.371. The molecule has 0 atom stereocenters. The molecule has 0 saturated heterocycles. The van der Waals surface area contributed by atoms with Gasteiger partial charge in [-0.25, -0.2) is 9.59 Å². The fraction of sp³-hybridized carbons (Fsp3) is 0.429. The van der Waals surface area contributed by atoms with E-state index in [2.05, 4.69) is 0 Å². The van der Waals surface area contributed by atoms with Gasteiger partial charge in [-0.15, -0.1) is 0 Å². The van der Waals surface area contributed by atoms with Gasteiger partial charge in [-0.1, -0.05) is 25.4 Å². The van der Waals surface area contributed by atoms with Crippen LogP contribution in [0.1, 0.15) is 47.4 Å². The van der Waals surface area contributed by atoms with Crippen molar-refractivity contribution in [3.05, 3.63) is 34.3 Å². The van der Waals surface area contributed by atoms with Gasteiger partial charge in [0.15, 0.2) is 0 Å². The predicted molar refractivity (Wildman–Crippen MR) is 72.6 cm³/mol. The van der Waals surface area contributed by atoms with E-state index in [-0.39, 0.29) is 11.1 Å². The van der Waals surface area contributed by atoms with Gasteiger partial charge in [-0.2, -0.15) is 0 Å². The van der Waals surface area contributed by atoms with Crippen molar-refractivity contribution >= 4 is 23.5 Å². The number of halogens is 1. The smallest absolute Gasteiger partial charge is 0.339 e. The highest BCUT2D eigenvalue weighted by Crippen LogP contribution is 2.18. The molecule has 4 nitrogen and oxygen atoms in total. The Morgan fingerprint density at radius 3 is 2.05 bits per heavy atom. The minimum absolute atomic E-state index is 0.141. The Labute approximate surface area is 117 Å². The third-order valence-corrected chi connectivity index (χ3v) is 2.53. The summed E-state index contributed by atoms with van der Waals surface area (Å²) in [4.78, 5) is 23.7. The fourth-order valence-corrected chi connectivity index (χ4v) is 1.58. The molecule has 0 radical (unpaired) electrons. The molecule has 1 aromatic rings. The van der Waals surface area contributed by atoms with Crippen LogP contribution in [0, 0.1) is 0 Å². The minimum Gasteiger partial charge on any atom is -0.462 e. The van der Waals surface area contributed by atoms with Gasteiger partial charge in [0.05, 0.1) is 24.3 Å². The summed E-state index contributed by atoms with van der Waals surface area (Å²) in [5.74, 6) is -1.10. The first-order valence-corrected chi connectivity index (χ1v) is 6.61. The molecule has 0 aliphatic heterocycles. The van der Waals surface area contributed by atoms with Crippen LogP contribution in [-0.2, 0) is 9.47 Å². The normalized spacial score (nSPS) is 10.1. The number of carbonyl (C=O) groups is 2. The van der Waals surface area contributed by atoms with Gasteiger partial charge in [0.1, 0.15) is 0 Å². The molecular formula is C14H17ClO4. The molecule has 0 aliphatic carbocycles. The molecule has 0 amide bonds. The quantitative estimate of drug-likeness (QED) is 0.751. The summed E-state index contributed by atoms with van der Waals surface area (Å²) in [7, 11) is 0. The second-order valence-corrected chi connectivity index (χ2v) is 4.40. The minimum atomic E-state index is -0.562. The molecule has 0 saturated carbocycles. The van der Waals surface area contributed by atoms with E-state index in [0.717, 1.165) is 6.42 Å². The lowest BCUT2D eigenvalue weighted by Gasteiger charge is -2.09. The Hall–Kier alpha value is -1.55. The number of rotatable bonds is 6. The number of carbonyl (C=O) groups excluding carboxylic acids is 2. The van der Waals surface area contributed by atoms with Gasteiger partial charge < -0.3 is 9.47 Å². The molecule has 0 spiro atoms. The molecule has 1 rings (SSSR count). The maximum Gasteiger partial charge on any atom is 0.339 e. The molecular weight excluding hydrogens is 268 g/mol. The lowest BCUT2D eigenvalue weighted by Crippen LogP contribution is -2.14. The molecule has 19 heavy (non-hydrogen) atoms. The van der Waals surface area contributed by atoms with Crippen molar-refractivity contribution in [2.24, 2.45) is 0 Å². The van der Waals surface area contributed by atoms with E-state index in [1.54, 1.807) is 6.07 Å². The van der Waals surface area contributed by atoms with Crippen molar-refractivity contribution in [2.75, 3.05) is 13.2 Å². The number of ether oxygens (including phenoxy) is 2. The standard InChI is InChI=1S/C14H17ClO4/c1-3-7-18-13(16)11-6-5-10(15)9-12(11)14(17)19-8-4-2/h5-6,9H,3-4,7-8H2,1-2H3. The third-order valence-electron chi connectivity index (χ3n) is 2.30. The van der Waals surface area contributed by atoms with Gasteiger partial charge in [-0.3, -0.25) is 0 Å². The van der Waals surface area contributed by atoms with Crippen LogP contribution < -0.4 is 0 Å². The molecule has 0 aromatic heterocycles. The second-order valence-electron chi connectivity index (χ2n) is 3.96. The summed E-state index contributed by atoms with van der Waals surface area (Å²) >= 11 is 5.84. The summed E-state index contributed by atoms with van der Waals surface area (Å²) < 4.78 is 10.0. The summed E-state index contributed by atoms with van der Waals surface area (Å²) in [6.45, 7) is 4.40. The molecule has 0 unspecified atom stereocenters. The van der Waals surface area contributed by atoms with Crippen molar-refractivity contribution in [3.8, 4) is 0 Å². The molecule has 0 bridgehead atoms. The fourth-order valence-electron chi connectivity index (χ4n) is 1.41. The van der Waals surface area contributed by atoms with Crippen molar-refractivity contribution in [3.63, 3.8) is 0 Å². The Kier molecular flexibility index (Phi) is 6.36. The van der Waals surface area contributed by atoms with E-state index < -0.39 is 11.9 Å². The zero-order valence-electron chi connectivity index (χ0n) is 11.1. The molecule has 0 N–H and O–H groups in total. The highest BCUT2D eigenvalue weighted by molar-refractivity contribution is 6.31. The van der Waals surface area contributed by atoms with Gasteiger partial charge in [0.25, 0.3) is 0 Å². The van der Waals surface area contributed by atoms with Crippen LogP contribution >= 0.6 is 11.6 Å². The Balaban J connectivity index is 2.97. The lowest BCUT2D eigenvalue weighted by molar-refractivity contribution is 0.0458. The Morgan fingerprint density at radius 2 is 1.53 bits per heavy atom. The van der Waals surface area contributed by atoms with Gasteiger partial charge in [0.2, 0.25) is 0 Å². The van der Waals surface area contributed by atoms with E-state index in [0.29, 0.717) is 24.7 Å². The van der Waals surface area contributed by atoms with Crippen LogP contribution in [0.3, 0.4) is 0 Å². The van der Waals surface area contributed by atoms with Crippen LogP contribution in [0.2, 0.25) is 5.02 Å². The van der Waals surface area contributed by atoms with Gasteiger partial charge in [-0.05, 0) is 31.0 Å². The van der Waals surface area contributed by atoms with E-state index in [1.165, 1.54) is 12.1 Å². The average molecular weight is 285 g/mol. The largest absolute Gasteiger partial charge is 0.462 e. The summed E-state index contributed by atoms with van der Waals surface area (Å²) in [6.07, 6.45) is 1.43. The maximum absolute atomic E-state index is 11.9. The van der Waals surface area contributed by atoms with Crippen LogP contribution in [0.15, 0.2) is 18.2 Å². The average Bonchev–Trinajstić information content (AvgIpc) is 2.41. The van der Waals surface area contributed by atoms with Crippen LogP contribution in [0.5, 0.6) is 0 Å². The SMILES string of the molecule is CCCOC(=O)c1ccc(Cl)cc1C(=O)OCCC. The lowest BCUT2D eigenvalue weighted by atomic mass is 10.1. The first kappa shape index (κ1) is 15.5. The monoisotopic (exact) mass is 284 g/mol. The van der Waals surface area contributed by atoms with Crippen LogP contribution in [0.25, 0.3) is 0 Å². The highest BCUT2D eigenvalue weighted by Gasteiger charge is 2.19. The zero-order chi connectivity index (χ0) is 14.3. The molecule has 0 fully saturated rings. The van der Waals surface area contributed by atoms with Crippen molar-refractivity contribution < 1.29 is 19.1 Å². The topological polar surface area (TPSA) is 52.6 Å². The third kappa shape index (κ3) is 4.56. The van der Waals surface area contributed by atoms with Crippen molar-refractivity contribution in [1.29, 1.82) is 0 Å². The van der Waals surface area contributed by atoms with Gasteiger partial charge in [0, 0.05) is 5.02 Å². The summed E-state index contributed by atoms with van der Waals surface area (Å²) in [6, 6.07) is 4.44. The molecule has 1 aromatic carbocycles. The number of benzene rings is 1. The Bertz CT molecular complexity index is 457. The first-order chi connectivity index (χ1) is 9.10. The molecule has 104 valence electrons. The molecule has 0 aliphatic rings. The number of hydrogen-bond donors (Lipinski definition) is 0. The van der Waals surface area contributed by atoms with Crippen LogP contribution in [-0.4, -0.2) is 25.2 Å². The zero-order valence-corrected chi connectivity index (χ0v) is 11.8. The van der Waals surface area contributed by atoms with Gasteiger partial charge >= 0.3 is 11.9 Å². The first-order valence-electron chi connectivity index (χ1n) is 6.24. The van der Waals surface area contributed by atoms with Crippen molar-refractivity contribution in [2.45, 2.75) is 26.7 Å². The number of esters is 2. The van der Waals surface area contributed by atoms with E-state index in [4.69, 9.17) is 21.1 Å². The Morgan fingerprint density at radius 1 is 1.00 bits per heavy atom. The molecule has 0 heterocycles. The van der Waals surface area contributed by atoms with E-state index in [1.807, 2.05) is 13.8 Å². The number of hydrogen-bond acceptors (Lipinski definition) is 4. The van der Waals surface area contributed by atoms with E-state index in [9.17, 15) is 9.59 Å². The maximum atomic E-state index is 11.9. The van der Waals surface area contributed by atoms with Crippen LogP contribution in [0.4, 0.5) is 0 Å². The predicted octanol–water partition coefficient (Wildman–Crippen LogP) is 3.47. The highest BCUT2D eigenvalue weighted by atomic mass is 35.5. The van der Waals surface area contributed by atoms with Crippen molar-refractivity contribution in [1.82, 2.24) is 0 Å². The second kappa shape index (κ2) is 7.79. The summed E-state index contributed by atoms with van der Waals surface area (Å²) in [5.41, 5.74) is 0.320. The van der Waals surface area contributed by atoms with E-state index >= 15 is 0 Å².